The zero-order valence-electron chi connectivity index (χ0n) is 10.1. The third-order valence-corrected chi connectivity index (χ3v) is 5.12. The van der Waals surface area contributed by atoms with Crippen molar-refractivity contribution in [2.75, 3.05) is 5.75 Å². The van der Waals surface area contributed by atoms with Gasteiger partial charge in [-0.15, -0.1) is 0 Å². The fraction of sp³-hybridized carbons (Fsp3) is 0.333. The zero-order chi connectivity index (χ0) is 13.0. The molecule has 0 atom stereocenters. The molecule has 0 fully saturated rings. The summed E-state index contributed by atoms with van der Waals surface area (Å²) < 4.78 is 30.8. The van der Waals surface area contributed by atoms with E-state index >= 15 is 0 Å². The first kappa shape index (κ1) is 13.3. The van der Waals surface area contributed by atoms with Gasteiger partial charge in [0.2, 0.25) is 10.0 Å². The van der Waals surface area contributed by atoms with Crippen LogP contribution in [0.15, 0.2) is 39.6 Å². The Kier molecular flexibility index (Phi) is 4.21. The molecular weight excluding hydrogens is 270 g/mol. The lowest BCUT2D eigenvalue weighted by atomic mass is 10.3. The lowest BCUT2D eigenvalue weighted by Crippen LogP contribution is -2.31. The van der Waals surface area contributed by atoms with Crippen molar-refractivity contribution >= 4 is 21.4 Å². The monoisotopic (exact) mass is 285 g/mol. The molecule has 0 aliphatic carbocycles. The summed E-state index contributed by atoms with van der Waals surface area (Å²) in [7, 11) is -3.23. The Hall–Kier alpha value is -1.11. The van der Waals surface area contributed by atoms with Gasteiger partial charge in [-0.25, -0.2) is 8.42 Å². The lowest BCUT2D eigenvalue weighted by molar-refractivity contribution is 0.359. The van der Waals surface area contributed by atoms with E-state index in [0.29, 0.717) is 12.3 Å². The van der Waals surface area contributed by atoms with E-state index in [2.05, 4.69) is 0 Å². The molecule has 0 bridgehead atoms. The molecule has 0 unspecified atom stereocenters. The standard InChI is InChI=1S/C12H15NO3S2/c1-2-18(14,15)13(8-11-5-7-17-10-11)9-12-4-3-6-16-12/h3-7,10H,2,8-9H2,1H3. The molecule has 4 nitrogen and oxygen atoms in total. The highest BCUT2D eigenvalue weighted by Crippen LogP contribution is 2.16. The van der Waals surface area contributed by atoms with Crippen molar-refractivity contribution in [1.82, 2.24) is 4.31 Å². The van der Waals surface area contributed by atoms with E-state index in [1.165, 1.54) is 4.31 Å². The Morgan fingerprint density at radius 3 is 2.72 bits per heavy atom. The first-order valence-corrected chi connectivity index (χ1v) is 8.18. The van der Waals surface area contributed by atoms with E-state index in [0.717, 1.165) is 5.56 Å². The molecule has 0 aliphatic rings. The van der Waals surface area contributed by atoms with E-state index in [4.69, 9.17) is 4.42 Å². The fourth-order valence-electron chi connectivity index (χ4n) is 1.60. The number of furan rings is 1. The quantitative estimate of drug-likeness (QED) is 0.820. The second-order valence-corrected chi connectivity index (χ2v) is 6.92. The summed E-state index contributed by atoms with van der Waals surface area (Å²) >= 11 is 1.56. The molecule has 0 amide bonds. The van der Waals surface area contributed by atoms with Crippen LogP contribution in [0.4, 0.5) is 0 Å². The highest BCUT2D eigenvalue weighted by Gasteiger charge is 2.21. The Morgan fingerprint density at radius 2 is 2.17 bits per heavy atom. The predicted molar refractivity (Wildman–Crippen MR) is 71.7 cm³/mol. The molecule has 0 saturated carbocycles. The number of nitrogens with zero attached hydrogens (tertiary/aromatic N) is 1. The highest BCUT2D eigenvalue weighted by atomic mass is 32.2. The van der Waals surface area contributed by atoms with Crippen LogP contribution >= 0.6 is 11.3 Å². The average Bonchev–Trinajstić information content (AvgIpc) is 3.01. The van der Waals surface area contributed by atoms with Crippen molar-refractivity contribution in [3.05, 3.63) is 46.5 Å². The molecule has 0 saturated heterocycles. The third-order valence-electron chi connectivity index (χ3n) is 2.61. The van der Waals surface area contributed by atoms with E-state index in [1.54, 1.807) is 36.7 Å². The molecule has 6 heteroatoms. The Bertz CT molecular complexity index is 522. The molecule has 0 spiro atoms. The molecule has 98 valence electrons. The van der Waals surface area contributed by atoms with Gasteiger partial charge < -0.3 is 4.42 Å². The number of thiophene rings is 1. The van der Waals surface area contributed by atoms with Crippen molar-refractivity contribution in [3.8, 4) is 0 Å². The number of rotatable bonds is 6. The van der Waals surface area contributed by atoms with Crippen LogP contribution in [0.25, 0.3) is 0 Å². The summed E-state index contributed by atoms with van der Waals surface area (Å²) in [6, 6.07) is 5.48. The topological polar surface area (TPSA) is 50.5 Å². The van der Waals surface area contributed by atoms with Crippen LogP contribution in [0.3, 0.4) is 0 Å². The van der Waals surface area contributed by atoms with Crippen LogP contribution in [-0.4, -0.2) is 18.5 Å². The summed E-state index contributed by atoms with van der Waals surface area (Å²) in [5.41, 5.74) is 1.00. The molecule has 0 aromatic carbocycles. The van der Waals surface area contributed by atoms with E-state index in [-0.39, 0.29) is 12.3 Å². The fourth-order valence-corrected chi connectivity index (χ4v) is 3.29. The van der Waals surface area contributed by atoms with Crippen molar-refractivity contribution in [1.29, 1.82) is 0 Å². The Balaban J connectivity index is 2.18. The summed E-state index contributed by atoms with van der Waals surface area (Å²) in [5, 5.41) is 3.90. The van der Waals surface area contributed by atoms with Gasteiger partial charge in [0, 0.05) is 6.54 Å². The van der Waals surface area contributed by atoms with Crippen LogP contribution in [0.2, 0.25) is 0 Å². The van der Waals surface area contributed by atoms with Crippen LogP contribution in [0, 0.1) is 0 Å². The molecule has 18 heavy (non-hydrogen) atoms. The molecule has 0 N–H and O–H groups in total. The Morgan fingerprint density at radius 1 is 1.33 bits per heavy atom. The number of hydrogen-bond donors (Lipinski definition) is 0. The summed E-state index contributed by atoms with van der Waals surface area (Å²) in [6.45, 7) is 2.32. The van der Waals surface area contributed by atoms with Crippen molar-refractivity contribution < 1.29 is 12.8 Å². The van der Waals surface area contributed by atoms with Gasteiger partial charge in [-0.3, -0.25) is 0 Å². The molecular formula is C12H15NO3S2. The van der Waals surface area contributed by atoms with Crippen LogP contribution in [-0.2, 0) is 23.1 Å². The van der Waals surface area contributed by atoms with Crippen LogP contribution < -0.4 is 0 Å². The summed E-state index contributed by atoms with van der Waals surface area (Å²) in [6.07, 6.45) is 1.55. The molecule has 2 aromatic rings. The maximum Gasteiger partial charge on any atom is 0.214 e. The molecule has 2 heterocycles. The molecule has 0 radical (unpaired) electrons. The van der Waals surface area contributed by atoms with Gasteiger partial charge in [-0.05, 0) is 41.4 Å². The lowest BCUT2D eigenvalue weighted by Gasteiger charge is -2.19. The Labute approximate surface area is 111 Å². The van der Waals surface area contributed by atoms with E-state index < -0.39 is 10.0 Å². The van der Waals surface area contributed by atoms with Gasteiger partial charge >= 0.3 is 0 Å². The molecule has 2 rings (SSSR count). The van der Waals surface area contributed by atoms with E-state index in [9.17, 15) is 8.42 Å². The van der Waals surface area contributed by atoms with Crippen molar-refractivity contribution in [3.63, 3.8) is 0 Å². The minimum Gasteiger partial charge on any atom is -0.468 e. The normalized spacial score (nSPS) is 12.1. The number of hydrogen-bond acceptors (Lipinski definition) is 4. The van der Waals surface area contributed by atoms with Gasteiger partial charge in [-0.1, -0.05) is 0 Å². The van der Waals surface area contributed by atoms with E-state index in [1.807, 2.05) is 16.8 Å². The van der Waals surface area contributed by atoms with Crippen LogP contribution in [0.1, 0.15) is 18.2 Å². The van der Waals surface area contributed by atoms with Gasteiger partial charge in [0.25, 0.3) is 0 Å². The second kappa shape index (κ2) is 5.69. The largest absolute Gasteiger partial charge is 0.468 e. The first-order chi connectivity index (χ1) is 8.62. The first-order valence-electron chi connectivity index (χ1n) is 5.63. The van der Waals surface area contributed by atoms with Gasteiger partial charge in [0.05, 0.1) is 18.6 Å². The SMILES string of the molecule is CCS(=O)(=O)N(Cc1ccsc1)Cc1ccco1. The minimum atomic E-state index is -3.23. The zero-order valence-corrected chi connectivity index (χ0v) is 11.7. The van der Waals surface area contributed by atoms with Crippen molar-refractivity contribution in [2.45, 2.75) is 20.0 Å². The minimum absolute atomic E-state index is 0.0951. The van der Waals surface area contributed by atoms with Gasteiger partial charge in [0.1, 0.15) is 5.76 Å². The third kappa shape index (κ3) is 3.22. The average molecular weight is 285 g/mol. The maximum atomic E-state index is 12.0. The van der Waals surface area contributed by atoms with Gasteiger partial charge in [0.15, 0.2) is 0 Å². The van der Waals surface area contributed by atoms with Crippen molar-refractivity contribution in [2.24, 2.45) is 0 Å². The summed E-state index contributed by atoms with van der Waals surface area (Å²) in [4.78, 5) is 0. The second-order valence-electron chi connectivity index (χ2n) is 3.88. The smallest absolute Gasteiger partial charge is 0.214 e. The molecule has 2 aromatic heterocycles. The summed E-state index contributed by atoms with van der Waals surface area (Å²) in [5.74, 6) is 0.750. The van der Waals surface area contributed by atoms with Gasteiger partial charge in [-0.2, -0.15) is 15.6 Å². The molecule has 0 aliphatic heterocycles. The predicted octanol–water partition coefficient (Wildman–Crippen LogP) is 2.69. The highest BCUT2D eigenvalue weighted by molar-refractivity contribution is 7.89. The van der Waals surface area contributed by atoms with Crippen LogP contribution in [0.5, 0.6) is 0 Å². The number of sulfonamides is 1. The maximum absolute atomic E-state index is 12.0.